The lowest BCUT2D eigenvalue weighted by Crippen LogP contribution is -2.40. The van der Waals surface area contributed by atoms with Gasteiger partial charge in [-0.25, -0.2) is 0 Å². The molecule has 1 N–H and O–H groups in total. The zero-order valence-electron chi connectivity index (χ0n) is 7.89. The summed E-state index contributed by atoms with van der Waals surface area (Å²) in [6, 6.07) is -0.0588. The molecule has 76 valence electrons. The molecule has 4 heteroatoms. The van der Waals surface area contributed by atoms with Crippen molar-refractivity contribution in [3.63, 3.8) is 0 Å². The minimum Gasteiger partial charge on any atom is -0.348 e. The van der Waals surface area contributed by atoms with Gasteiger partial charge < -0.3 is 5.32 Å². The first-order chi connectivity index (χ1) is 6.02. The minimum absolute atomic E-state index is 0.0588. The molecule has 0 aromatic rings. The van der Waals surface area contributed by atoms with Gasteiger partial charge in [0.1, 0.15) is 0 Å². The number of halogens is 2. The maximum atomic E-state index is 11.9. The SMILES string of the molecule is CC1CCC(NC(=O)C(F)F)C1C. The first-order valence-electron chi connectivity index (χ1n) is 4.61. The number of hydrogen-bond donors (Lipinski definition) is 1. The van der Waals surface area contributed by atoms with Crippen molar-refractivity contribution in [1.29, 1.82) is 0 Å². The summed E-state index contributed by atoms with van der Waals surface area (Å²) in [5.74, 6) is -0.309. The van der Waals surface area contributed by atoms with Crippen LogP contribution in [0.25, 0.3) is 0 Å². The lowest BCUT2D eigenvalue weighted by Gasteiger charge is -2.19. The van der Waals surface area contributed by atoms with Crippen molar-refractivity contribution in [2.75, 3.05) is 0 Å². The summed E-state index contributed by atoms with van der Waals surface area (Å²) in [7, 11) is 0. The van der Waals surface area contributed by atoms with Gasteiger partial charge in [0.25, 0.3) is 5.91 Å². The second-order valence-electron chi connectivity index (χ2n) is 3.83. The molecule has 3 unspecified atom stereocenters. The van der Waals surface area contributed by atoms with Crippen LogP contribution in [-0.4, -0.2) is 18.4 Å². The smallest absolute Gasteiger partial charge is 0.315 e. The molecule has 1 fully saturated rings. The number of hydrogen-bond acceptors (Lipinski definition) is 1. The number of carbonyl (C=O) groups excluding carboxylic acids is 1. The zero-order chi connectivity index (χ0) is 10.0. The van der Waals surface area contributed by atoms with Crippen LogP contribution >= 0.6 is 0 Å². The Morgan fingerprint density at radius 3 is 2.38 bits per heavy atom. The molecular formula is C9H15F2NO. The van der Waals surface area contributed by atoms with Crippen molar-refractivity contribution >= 4 is 5.91 Å². The van der Waals surface area contributed by atoms with Crippen molar-refractivity contribution in [1.82, 2.24) is 5.32 Å². The van der Waals surface area contributed by atoms with Crippen LogP contribution in [0.4, 0.5) is 8.78 Å². The third-order valence-corrected chi connectivity index (χ3v) is 2.99. The van der Waals surface area contributed by atoms with Crippen LogP contribution in [0.1, 0.15) is 26.7 Å². The average molecular weight is 191 g/mol. The molecule has 1 amide bonds. The van der Waals surface area contributed by atoms with E-state index in [1.54, 1.807) is 0 Å². The fourth-order valence-electron chi connectivity index (χ4n) is 1.81. The summed E-state index contributed by atoms with van der Waals surface area (Å²) in [6.45, 7) is 4.08. The van der Waals surface area contributed by atoms with E-state index >= 15 is 0 Å². The van der Waals surface area contributed by atoms with Gasteiger partial charge in [0, 0.05) is 6.04 Å². The molecule has 1 aliphatic carbocycles. The van der Waals surface area contributed by atoms with Crippen molar-refractivity contribution in [3.05, 3.63) is 0 Å². The molecule has 0 aromatic carbocycles. The van der Waals surface area contributed by atoms with Crippen LogP contribution in [0.15, 0.2) is 0 Å². The van der Waals surface area contributed by atoms with Crippen molar-refractivity contribution < 1.29 is 13.6 Å². The van der Waals surface area contributed by atoms with Gasteiger partial charge in [0.15, 0.2) is 0 Å². The Hall–Kier alpha value is -0.670. The number of nitrogens with one attached hydrogen (secondary N) is 1. The maximum Gasteiger partial charge on any atom is 0.315 e. The molecule has 2 nitrogen and oxygen atoms in total. The van der Waals surface area contributed by atoms with E-state index in [4.69, 9.17) is 0 Å². The lowest BCUT2D eigenvalue weighted by molar-refractivity contribution is -0.132. The molecule has 0 bridgehead atoms. The molecule has 0 aliphatic heterocycles. The fourth-order valence-corrected chi connectivity index (χ4v) is 1.81. The highest BCUT2D eigenvalue weighted by molar-refractivity contribution is 5.79. The van der Waals surface area contributed by atoms with Gasteiger partial charge in [-0.1, -0.05) is 13.8 Å². The second kappa shape index (κ2) is 4.03. The Bertz CT molecular complexity index is 196. The highest BCUT2D eigenvalue weighted by Crippen LogP contribution is 2.31. The first-order valence-corrected chi connectivity index (χ1v) is 4.61. The van der Waals surface area contributed by atoms with Gasteiger partial charge in [-0.3, -0.25) is 4.79 Å². The van der Waals surface area contributed by atoms with Gasteiger partial charge in [-0.15, -0.1) is 0 Å². The molecule has 13 heavy (non-hydrogen) atoms. The Morgan fingerprint density at radius 2 is 2.00 bits per heavy atom. The van der Waals surface area contributed by atoms with E-state index in [1.165, 1.54) is 0 Å². The lowest BCUT2D eigenvalue weighted by atomic mass is 9.98. The molecule has 0 spiro atoms. The summed E-state index contributed by atoms with van der Waals surface area (Å²) in [4.78, 5) is 10.7. The molecular weight excluding hydrogens is 176 g/mol. The van der Waals surface area contributed by atoms with Gasteiger partial charge in [0.05, 0.1) is 0 Å². The van der Waals surface area contributed by atoms with Crippen LogP contribution in [0, 0.1) is 11.8 Å². The van der Waals surface area contributed by atoms with Crippen molar-refractivity contribution in [2.45, 2.75) is 39.2 Å². The number of amides is 1. The Labute approximate surface area is 76.7 Å². The standard InChI is InChI=1S/C9H15F2NO/c1-5-3-4-7(6(5)2)12-9(13)8(10)11/h5-8H,3-4H2,1-2H3,(H,12,13). The normalized spacial score (nSPS) is 33.8. The molecule has 1 aliphatic rings. The van der Waals surface area contributed by atoms with E-state index < -0.39 is 12.3 Å². The van der Waals surface area contributed by atoms with E-state index in [-0.39, 0.29) is 6.04 Å². The van der Waals surface area contributed by atoms with Crippen LogP contribution in [0.3, 0.4) is 0 Å². The monoisotopic (exact) mass is 191 g/mol. The number of rotatable bonds is 2. The van der Waals surface area contributed by atoms with Gasteiger partial charge in [0.2, 0.25) is 0 Å². The molecule has 1 saturated carbocycles. The third kappa shape index (κ3) is 2.39. The number of alkyl halides is 2. The van der Waals surface area contributed by atoms with E-state index in [2.05, 4.69) is 12.2 Å². The summed E-state index contributed by atoms with van der Waals surface area (Å²) in [5, 5.41) is 2.37. The first kappa shape index (κ1) is 10.4. The molecule has 0 saturated heterocycles. The summed E-state index contributed by atoms with van der Waals surface area (Å²) < 4.78 is 23.8. The van der Waals surface area contributed by atoms with Crippen molar-refractivity contribution in [2.24, 2.45) is 11.8 Å². The molecule has 0 aromatic heterocycles. The van der Waals surface area contributed by atoms with Crippen molar-refractivity contribution in [3.8, 4) is 0 Å². The number of carbonyl (C=O) groups is 1. The van der Waals surface area contributed by atoms with E-state index in [0.717, 1.165) is 12.8 Å². The highest BCUT2D eigenvalue weighted by atomic mass is 19.3. The van der Waals surface area contributed by atoms with Gasteiger partial charge in [-0.05, 0) is 24.7 Å². The Balaban J connectivity index is 2.42. The summed E-state index contributed by atoms with van der Waals surface area (Å²) in [5.41, 5.74) is 0. The van der Waals surface area contributed by atoms with Gasteiger partial charge >= 0.3 is 6.43 Å². The molecule has 0 heterocycles. The maximum absolute atomic E-state index is 11.9. The molecule has 3 atom stereocenters. The topological polar surface area (TPSA) is 29.1 Å². The predicted molar refractivity (Wildman–Crippen MR) is 45.5 cm³/mol. The Morgan fingerprint density at radius 1 is 1.38 bits per heavy atom. The second-order valence-corrected chi connectivity index (χ2v) is 3.83. The van der Waals surface area contributed by atoms with Crippen LogP contribution < -0.4 is 5.32 Å². The van der Waals surface area contributed by atoms with Crippen LogP contribution in [-0.2, 0) is 4.79 Å². The summed E-state index contributed by atoms with van der Waals surface area (Å²) >= 11 is 0. The van der Waals surface area contributed by atoms with Gasteiger partial charge in [-0.2, -0.15) is 8.78 Å². The van der Waals surface area contributed by atoms with Crippen LogP contribution in [0.2, 0.25) is 0 Å². The van der Waals surface area contributed by atoms with E-state index in [0.29, 0.717) is 11.8 Å². The Kier molecular flexibility index (Phi) is 3.22. The average Bonchev–Trinajstić information content (AvgIpc) is 2.36. The van der Waals surface area contributed by atoms with Crippen LogP contribution in [0.5, 0.6) is 0 Å². The highest BCUT2D eigenvalue weighted by Gasteiger charge is 2.32. The minimum atomic E-state index is -2.89. The fraction of sp³-hybridized carbons (Fsp3) is 0.889. The third-order valence-electron chi connectivity index (χ3n) is 2.99. The molecule has 0 radical (unpaired) electrons. The molecule has 1 rings (SSSR count). The zero-order valence-corrected chi connectivity index (χ0v) is 7.89. The largest absolute Gasteiger partial charge is 0.348 e. The van der Waals surface area contributed by atoms with E-state index in [9.17, 15) is 13.6 Å². The summed E-state index contributed by atoms with van der Waals surface area (Å²) in [6.07, 6.45) is -1.06. The quantitative estimate of drug-likeness (QED) is 0.708. The predicted octanol–water partition coefficient (Wildman–Crippen LogP) is 1.80. The van der Waals surface area contributed by atoms with E-state index in [1.807, 2.05) is 6.92 Å².